The topological polar surface area (TPSA) is 54.9 Å². The summed E-state index contributed by atoms with van der Waals surface area (Å²) >= 11 is 0. The molecule has 1 aliphatic rings. The monoisotopic (exact) mass is 375 g/mol. The van der Waals surface area contributed by atoms with Gasteiger partial charge in [-0.05, 0) is 49.1 Å². The van der Waals surface area contributed by atoms with Crippen LogP contribution in [0.2, 0.25) is 0 Å². The third kappa shape index (κ3) is 7.15. The minimum Gasteiger partial charge on any atom is -0.385 e. The lowest BCUT2D eigenvalue weighted by atomic mass is 9.67. The van der Waals surface area contributed by atoms with E-state index in [1.165, 1.54) is 30.4 Å². The fourth-order valence-corrected chi connectivity index (χ4v) is 3.47. The van der Waals surface area contributed by atoms with E-state index in [9.17, 15) is 0 Å². The number of hydrogen-bond donors (Lipinski definition) is 2. The van der Waals surface area contributed by atoms with Crippen molar-refractivity contribution in [2.24, 2.45) is 10.4 Å². The summed E-state index contributed by atoms with van der Waals surface area (Å²) in [5.74, 6) is 0.894. The predicted octanol–water partition coefficient (Wildman–Crippen LogP) is 3.88. The van der Waals surface area contributed by atoms with Crippen LogP contribution in [0, 0.1) is 5.41 Å². The number of nitrogens with zero attached hydrogens (tertiary/aromatic N) is 1. The summed E-state index contributed by atoms with van der Waals surface area (Å²) in [5, 5.41) is 6.94. The average molecular weight is 376 g/mol. The molecule has 27 heavy (non-hydrogen) atoms. The van der Waals surface area contributed by atoms with E-state index in [1.54, 1.807) is 7.11 Å². The molecule has 0 saturated heterocycles. The van der Waals surface area contributed by atoms with Crippen molar-refractivity contribution >= 4 is 5.96 Å². The molecule has 0 spiro atoms. The van der Waals surface area contributed by atoms with Gasteiger partial charge in [-0.15, -0.1) is 0 Å². The second kappa shape index (κ2) is 12.0. The van der Waals surface area contributed by atoms with Crippen LogP contribution in [0.4, 0.5) is 0 Å². The lowest BCUT2D eigenvalue weighted by molar-refractivity contribution is 0.0732. The number of guanidine groups is 1. The fraction of sp³-hybridized carbons (Fsp3) is 0.682. The molecule has 0 bridgehead atoms. The number of hydrogen-bond acceptors (Lipinski definition) is 3. The molecular formula is C22H37N3O2. The van der Waals surface area contributed by atoms with Gasteiger partial charge in [0, 0.05) is 33.4 Å². The van der Waals surface area contributed by atoms with Crippen molar-refractivity contribution in [3.8, 4) is 0 Å². The van der Waals surface area contributed by atoms with Crippen LogP contribution in [0.3, 0.4) is 0 Å². The Labute approximate surface area is 164 Å². The molecule has 5 nitrogen and oxygen atoms in total. The van der Waals surface area contributed by atoms with Gasteiger partial charge in [0.25, 0.3) is 0 Å². The largest absolute Gasteiger partial charge is 0.385 e. The summed E-state index contributed by atoms with van der Waals surface area (Å²) in [6, 6.07) is 8.42. The molecule has 1 saturated carbocycles. The van der Waals surface area contributed by atoms with E-state index in [0.717, 1.165) is 45.1 Å². The summed E-state index contributed by atoms with van der Waals surface area (Å²) in [7, 11) is 1.78. The molecule has 152 valence electrons. The van der Waals surface area contributed by atoms with Crippen LogP contribution in [-0.2, 0) is 22.6 Å². The predicted molar refractivity (Wildman–Crippen MR) is 112 cm³/mol. The molecule has 1 aromatic rings. The summed E-state index contributed by atoms with van der Waals surface area (Å²) in [5.41, 5.74) is 2.82. The van der Waals surface area contributed by atoms with E-state index in [4.69, 9.17) is 14.5 Å². The van der Waals surface area contributed by atoms with Gasteiger partial charge in [-0.3, -0.25) is 0 Å². The van der Waals surface area contributed by atoms with Gasteiger partial charge in [-0.1, -0.05) is 37.6 Å². The number of methoxy groups -OCH3 is 1. The van der Waals surface area contributed by atoms with E-state index in [2.05, 4.69) is 48.7 Å². The lowest BCUT2D eigenvalue weighted by Crippen LogP contribution is -2.47. The zero-order valence-corrected chi connectivity index (χ0v) is 17.4. The molecule has 0 unspecified atom stereocenters. The molecule has 0 atom stereocenters. The molecule has 0 radical (unpaired) electrons. The third-order valence-electron chi connectivity index (χ3n) is 5.36. The van der Waals surface area contributed by atoms with Gasteiger partial charge in [0.05, 0.1) is 13.2 Å². The highest BCUT2D eigenvalue weighted by Gasteiger charge is 2.36. The van der Waals surface area contributed by atoms with Crippen molar-refractivity contribution in [1.29, 1.82) is 0 Å². The van der Waals surface area contributed by atoms with Gasteiger partial charge >= 0.3 is 0 Å². The van der Waals surface area contributed by atoms with Crippen molar-refractivity contribution in [2.45, 2.75) is 59.1 Å². The first kappa shape index (κ1) is 21.7. The number of aliphatic imine (C=N–C) groups is 1. The second-order valence-electron chi connectivity index (χ2n) is 7.47. The van der Waals surface area contributed by atoms with Crippen LogP contribution in [-0.4, -0.2) is 39.4 Å². The molecular weight excluding hydrogens is 338 g/mol. The first-order valence-corrected chi connectivity index (χ1v) is 10.4. The Kier molecular flexibility index (Phi) is 9.64. The molecule has 1 aromatic carbocycles. The molecule has 1 aliphatic carbocycles. The van der Waals surface area contributed by atoms with Gasteiger partial charge in [0.2, 0.25) is 0 Å². The summed E-state index contributed by atoms with van der Waals surface area (Å²) in [6.45, 7) is 9.00. The van der Waals surface area contributed by atoms with Gasteiger partial charge in [-0.2, -0.15) is 0 Å². The Morgan fingerprint density at radius 1 is 1.11 bits per heavy atom. The van der Waals surface area contributed by atoms with E-state index in [1.807, 2.05) is 0 Å². The van der Waals surface area contributed by atoms with E-state index < -0.39 is 0 Å². The highest BCUT2D eigenvalue weighted by atomic mass is 16.5. The highest BCUT2D eigenvalue weighted by Crippen LogP contribution is 2.43. The van der Waals surface area contributed by atoms with Crippen LogP contribution >= 0.6 is 0 Å². The van der Waals surface area contributed by atoms with Crippen molar-refractivity contribution in [1.82, 2.24) is 10.6 Å². The molecule has 5 heteroatoms. The smallest absolute Gasteiger partial charge is 0.191 e. The molecule has 0 aliphatic heterocycles. The van der Waals surface area contributed by atoms with Crippen molar-refractivity contribution in [3.05, 3.63) is 35.4 Å². The van der Waals surface area contributed by atoms with E-state index >= 15 is 0 Å². The second-order valence-corrected chi connectivity index (χ2v) is 7.47. The van der Waals surface area contributed by atoms with Gasteiger partial charge < -0.3 is 20.1 Å². The van der Waals surface area contributed by atoms with Gasteiger partial charge in [0.15, 0.2) is 5.96 Å². The maximum atomic E-state index is 5.72. The Balaban J connectivity index is 1.95. The van der Waals surface area contributed by atoms with Crippen molar-refractivity contribution < 1.29 is 9.47 Å². The Morgan fingerprint density at radius 2 is 1.89 bits per heavy atom. The number of nitrogens with one attached hydrogen (secondary N) is 2. The standard InChI is InChI=1S/C22H37N3O2/c1-4-14-27-17-20-10-7-6-9-19(20)16-24-21(23-5-2)25-18-22(11-8-12-22)13-15-26-3/h6-7,9-10H,4-5,8,11-18H2,1-3H3,(H2,23,24,25). The van der Waals surface area contributed by atoms with Crippen LogP contribution in [0.1, 0.15) is 57.1 Å². The van der Waals surface area contributed by atoms with Gasteiger partial charge in [-0.25, -0.2) is 4.99 Å². The van der Waals surface area contributed by atoms with Crippen molar-refractivity contribution in [3.63, 3.8) is 0 Å². The molecule has 2 N–H and O–H groups in total. The first-order valence-electron chi connectivity index (χ1n) is 10.4. The third-order valence-corrected chi connectivity index (χ3v) is 5.36. The SMILES string of the molecule is CCCOCc1ccccc1CN=C(NCC)NCC1(CCOC)CCC1. The minimum atomic E-state index is 0.373. The fourth-order valence-electron chi connectivity index (χ4n) is 3.47. The maximum Gasteiger partial charge on any atom is 0.191 e. The Morgan fingerprint density at radius 3 is 2.52 bits per heavy atom. The summed E-state index contributed by atoms with van der Waals surface area (Å²) < 4.78 is 11.0. The van der Waals surface area contributed by atoms with Crippen LogP contribution in [0.15, 0.2) is 29.3 Å². The Bertz CT molecular complexity index is 570. The Hall–Kier alpha value is -1.59. The molecule has 1 fully saturated rings. The van der Waals surface area contributed by atoms with Crippen LogP contribution < -0.4 is 10.6 Å². The first-order chi connectivity index (χ1) is 13.2. The molecule has 2 rings (SSSR count). The minimum absolute atomic E-state index is 0.373. The van der Waals surface area contributed by atoms with Gasteiger partial charge in [0.1, 0.15) is 0 Å². The summed E-state index contributed by atoms with van der Waals surface area (Å²) in [4.78, 5) is 4.82. The molecule has 0 aromatic heterocycles. The normalized spacial score (nSPS) is 16.0. The highest BCUT2D eigenvalue weighted by molar-refractivity contribution is 5.79. The molecule has 0 amide bonds. The van der Waals surface area contributed by atoms with E-state index in [-0.39, 0.29) is 0 Å². The average Bonchev–Trinajstić information content (AvgIpc) is 2.66. The summed E-state index contributed by atoms with van der Waals surface area (Å²) in [6.07, 6.45) is 6.04. The zero-order chi connectivity index (χ0) is 19.4. The maximum absolute atomic E-state index is 5.72. The van der Waals surface area contributed by atoms with Crippen LogP contribution in [0.5, 0.6) is 0 Å². The lowest BCUT2D eigenvalue weighted by Gasteiger charge is -2.42. The molecule has 0 heterocycles. The van der Waals surface area contributed by atoms with Crippen molar-refractivity contribution in [2.75, 3.05) is 33.4 Å². The number of benzene rings is 1. The van der Waals surface area contributed by atoms with E-state index in [0.29, 0.717) is 18.6 Å². The number of rotatable bonds is 12. The number of ether oxygens (including phenoxy) is 2. The zero-order valence-electron chi connectivity index (χ0n) is 17.4. The quantitative estimate of drug-likeness (QED) is 0.331. The van der Waals surface area contributed by atoms with Crippen LogP contribution in [0.25, 0.3) is 0 Å².